The third-order valence-electron chi connectivity index (χ3n) is 2.99. The van der Waals surface area contributed by atoms with Gasteiger partial charge in [-0.05, 0) is 38.4 Å². The molecule has 1 aromatic carbocycles. The Labute approximate surface area is 101 Å². The quantitative estimate of drug-likeness (QED) is 0.871. The Morgan fingerprint density at radius 3 is 2.76 bits per heavy atom. The zero-order valence-electron chi connectivity index (χ0n) is 10.5. The van der Waals surface area contributed by atoms with Gasteiger partial charge in [-0.1, -0.05) is 12.1 Å². The van der Waals surface area contributed by atoms with Crippen molar-refractivity contribution in [2.24, 2.45) is 5.73 Å². The molecule has 4 heteroatoms. The summed E-state index contributed by atoms with van der Waals surface area (Å²) in [7, 11) is 1.67. The van der Waals surface area contributed by atoms with Crippen molar-refractivity contribution in [2.45, 2.75) is 26.3 Å². The zero-order valence-corrected chi connectivity index (χ0v) is 10.5. The van der Waals surface area contributed by atoms with Crippen molar-refractivity contribution >= 4 is 5.91 Å². The number of hydrogen-bond donors (Lipinski definition) is 1. The van der Waals surface area contributed by atoms with E-state index in [1.807, 2.05) is 6.92 Å². The number of rotatable bonds is 4. The Bertz CT molecular complexity index is 406. The molecular weight excluding hydrogens is 219 g/mol. The van der Waals surface area contributed by atoms with E-state index in [0.717, 1.165) is 0 Å². The highest BCUT2D eigenvalue weighted by molar-refractivity contribution is 5.94. The average molecular weight is 238 g/mol. The number of nitrogens with two attached hydrogens (primary N) is 1. The van der Waals surface area contributed by atoms with Crippen LogP contribution in [0.4, 0.5) is 4.39 Å². The molecule has 0 heterocycles. The smallest absolute Gasteiger partial charge is 0.256 e. The van der Waals surface area contributed by atoms with Gasteiger partial charge in [0, 0.05) is 13.1 Å². The molecule has 0 saturated heterocycles. The van der Waals surface area contributed by atoms with Crippen LogP contribution in [-0.4, -0.2) is 30.4 Å². The maximum atomic E-state index is 13.8. The molecule has 1 unspecified atom stereocenters. The lowest BCUT2D eigenvalue weighted by atomic mass is 10.1. The van der Waals surface area contributed by atoms with Crippen molar-refractivity contribution in [3.63, 3.8) is 0 Å². The van der Waals surface area contributed by atoms with Gasteiger partial charge in [0.25, 0.3) is 5.91 Å². The number of carbonyl (C=O) groups is 1. The van der Waals surface area contributed by atoms with Gasteiger partial charge in [-0.2, -0.15) is 0 Å². The fourth-order valence-corrected chi connectivity index (χ4v) is 1.64. The molecule has 1 aromatic rings. The summed E-state index contributed by atoms with van der Waals surface area (Å²) < 4.78 is 13.8. The number of halogens is 1. The van der Waals surface area contributed by atoms with E-state index in [1.54, 1.807) is 26.1 Å². The molecule has 0 aromatic heterocycles. The van der Waals surface area contributed by atoms with E-state index < -0.39 is 5.82 Å². The fraction of sp³-hybridized carbons (Fsp3) is 0.462. The van der Waals surface area contributed by atoms with Crippen molar-refractivity contribution in [1.82, 2.24) is 4.90 Å². The molecule has 1 amide bonds. The molecule has 2 N–H and O–H groups in total. The number of nitrogens with zero attached hydrogens (tertiary/aromatic N) is 1. The first-order chi connectivity index (χ1) is 7.99. The van der Waals surface area contributed by atoms with Gasteiger partial charge in [0.2, 0.25) is 0 Å². The van der Waals surface area contributed by atoms with Crippen molar-refractivity contribution < 1.29 is 9.18 Å². The van der Waals surface area contributed by atoms with Crippen LogP contribution in [0.25, 0.3) is 0 Å². The van der Waals surface area contributed by atoms with E-state index in [1.165, 1.54) is 11.0 Å². The molecule has 0 aliphatic rings. The summed E-state index contributed by atoms with van der Waals surface area (Å²) in [5, 5.41) is 0. The van der Waals surface area contributed by atoms with Gasteiger partial charge in [-0.15, -0.1) is 0 Å². The Morgan fingerprint density at radius 1 is 1.53 bits per heavy atom. The summed E-state index contributed by atoms with van der Waals surface area (Å²) in [6, 6.07) is 4.85. The van der Waals surface area contributed by atoms with E-state index in [2.05, 4.69) is 0 Å². The van der Waals surface area contributed by atoms with E-state index in [4.69, 9.17) is 5.73 Å². The Balaban J connectivity index is 2.93. The molecule has 1 atom stereocenters. The lowest BCUT2D eigenvalue weighted by Crippen LogP contribution is -2.36. The van der Waals surface area contributed by atoms with Crippen LogP contribution in [-0.2, 0) is 0 Å². The summed E-state index contributed by atoms with van der Waals surface area (Å²) >= 11 is 0. The van der Waals surface area contributed by atoms with Crippen molar-refractivity contribution in [3.05, 3.63) is 35.1 Å². The van der Waals surface area contributed by atoms with E-state index >= 15 is 0 Å². The Kier molecular flexibility index (Phi) is 4.63. The van der Waals surface area contributed by atoms with Gasteiger partial charge in [0.15, 0.2) is 0 Å². The van der Waals surface area contributed by atoms with Crippen LogP contribution in [0.3, 0.4) is 0 Å². The molecule has 94 valence electrons. The van der Waals surface area contributed by atoms with E-state index in [9.17, 15) is 9.18 Å². The molecule has 3 nitrogen and oxygen atoms in total. The Morgan fingerprint density at radius 2 is 2.18 bits per heavy atom. The molecule has 0 bridgehead atoms. The predicted octanol–water partition coefficient (Wildman–Crippen LogP) is 1.94. The second-order valence-corrected chi connectivity index (χ2v) is 4.28. The second kappa shape index (κ2) is 5.77. The summed E-state index contributed by atoms with van der Waals surface area (Å²) in [6.07, 6.45) is 0.704. The minimum Gasteiger partial charge on any atom is -0.339 e. The topological polar surface area (TPSA) is 46.3 Å². The Hall–Kier alpha value is -1.42. The lowest BCUT2D eigenvalue weighted by Gasteiger charge is -2.25. The number of carbonyl (C=O) groups excluding carboxylic acids is 1. The van der Waals surface area contributed by atoms with Gasteiger partial charge in [0.1, 0.15) is 5.82 Å². The van der Waals surface area contributed by atoms with E-state index in [-0.39, 0.29) is 17.5 Å². The maximum Gasteiger partial charge on any atom is 0.256 e. The molecule has 1 rings (SSSR count). The highest BCUT2D eigenvalue weighted by Gasteiger charge is 2.20. The maximum absolute atomic E-state index is 13.8. The van der Waals surface area contributed by atoms with Crippen LogP contribution in [0.15, 0.2) is 18.2 Å². The number of benzene rings is 1. The summed E-state index contributed by atoms with van der Waals surface area (Å²) in [5.74, 6) is -0.739. The van der Waals surface area contributed by atoms with Crippen LogP contribution >= 0.6 is 0 Å². The van der Waals surface area contributed by atoms with Crippen LogP contribution in [0, 0.1) is 12.7 Å². The third-order valence-corrected chi connectivity index (χ3v) is 2.99. The van der Waals surface area contributed by atoms with E-state index in [0.29, 0.717) is 18.5 Å². The number of amides is 1. The molecular formula is C13H19FN2O. The van der Waals surface area contributed by atoms with Crippen molar-refractivity contribution in [3.8, 4) is 0 Å². The van der Waals surface area contributed by atoms with Gasteiger partial charge < -0.3 is 10.6 Å². The lowest BCUT2D eigenvalue weighted by molar-refractivity contribution is 0.0734. The standard InChI is InChI=1S/C13H19FN2O/c1-9-5-4-6-11(12(9)14)13(17)16(3)10(2)7-8-15/h4-6,10H,7-8,15H2,1-3H3. The SMILES string of the molecule is Cc1cccc(C(=O)N(C)C(C)CCN)c1F. The fourth-order valence-electron chi connectivity index (χ4n) is 1.64. The van der Waals surface area contributed by atoms with Gasteiger partial charge in [-0.3, -0.25) is 4.79 Å². The molecule has 0 saturated carbocycles. The summed E-state index contributed by atoms with van der Waals surface area (Å²) in [5.41, 5.74) is 6.05. The minimum absolute atomic E-state index is 0.00686. The number of hydrogen-bond acceptors (Lipinski definition) is 2. The van der Waals surface area contributed by atoms with Crippen LogP contribution in [0.1, 0.15) is 29.3 Å². The first-order valence-corrected chi connectivity index (χ1v) is 5.71. The highest BCUT2D eigenvalue weighted by atomic mass is 19.1. The molecule has 0 radical (unpaired) electrons. The average Bonchev–Trinajstić information content (AvgIpc) is 2.31. The molecule has 0 fully saturated rings. The summed E-state index contributed by atoms with van der Waals surface area (Å²) in [6.45, 7) is 4.06. The normalized spacial score (nSPS) is 12.3. The first-order valence-electron chi connectivity index (χ1n) is 5.71. The van der Waals surface area contributed by atoms with Crippen molar-refractivity contribution in [2.75, 3.05) is 13.6 Å². The van der Waals surface area contributed by atoms with Crippen LogP contribution in [0.5, 0.6) is 0 Å². The summed E-state index contributed by atoms with van der Waals surface area (Å²) in [4.78, 5) is 13.6. The van der Waals surface area contributed by atoms with Gasteiger partial charge in [0.05, 0.1) is 5.56 Å². The van der Waals surface area contributed by atoms with Crippen LogP contribution in [0.2, 0.25) is 0 Å². The monoisotopic (exact) mass is 238 g/mol. The number of aryl methyl sites for hydroxylation is 1. The molecule has 17 heavy (non-hydrogen) atoms. The van der Waals surface area contributed by atoms with Gasteiger partial charge >= 0.3 is 0 Å². The van der Waals surface area contributed by atoms with Gasteiger partial charge in [-0.25, -0.2) is 4.39 Å². The zero-order chi connectivity index (χ0) is 13.0. The third kappa shape index (κ3) is 3.03. The van der Waals surface area contributed by atoms with Crippen molar-refractivity contribution in [1.29, 1.82) is 0 Å². The largest absolute Gasteiger partial charge is 0.339 e. The molecule has 0 aliphatic carbocycles. The first kappa shape index (κ1) is 13.6. The minimum atomic E-state index is -0.440. The molecule has 0 spiro atoms. The molecule has 0 aliphatic heterocycles. The second-order valence-electron chi connectivity index (χ2n) is 4.28. The predicted molar refractivity (Wildman–Crippen MR) is 66.4 cm³/mol. The highest BCUT2D eigenvalue weighted by Crippen LogP contribution is 2.15. The van der Waals surface area contributed by atoms with Crippen LogP contribution < -0.4 is 5.73 Å².